The minimum atomic E-state index is 0.231. The second-order valence-electron chi connectivity index (χ2n) is 5.31. The Hall–Kier alpha value is -1.09. The average Bonchev–Trinajstić information content (AvgIpc) is 2.95. The largest absolute Gasteiger partial charge is 0.349 e. The number of carbonyl (C=O) groups excluding carboxylic acids is 1. The van der Waals surface area contributed by atoms with Crippen LogP contribution in [0, 0.1) is 13.8 Å². The van der Waals surface area contributed by atoms with Crippen molar-refractivity contribution in [3.63, 3.8) is 0 Å². The Balaban J connectivity index is 2.00. The molecule has 2 rings (SSSR count). The lowest BCUT2D eigenvalue weighted by Crippen LogP contribution is -2.31. The first-order valence-corrected chi connectivity index (χ1v) is 7.06. The summed E-state index contributed by atoms with van der Waals surface area (Å²) in [5.41, 5.74) is 3.17. The summed E-state index contributed by atoms with van der Waals surface area (Å²) in [5, 5.41) is 3.39. The lowest BCUT2D eigenvalue weighted by molar-refractivity contribution is 0.0986. The number of aromatic nitrogens is 1. The summed E-state index contributed by atoms with van der Waals surface area (Å²) in [6.07, 6.45) is 5.05. The fraction of sp³-hybridized carbons (Fsp3) is 0.667. The van der Waals surface area contributed by atoms with Crippen LogP contribution in [0.25, 0.3) is 0 Å². The molecule has 0 radical (unpaired) electrons. The zero-order valence-corrected chi connectivity index (χ0v) is 11.8. The molecule has 1 N–H and O–H groups in total. The SMILES string of the molecule is CCn1c(C)cc(C(=O)CNC2CCCC2)c1C. The zero-order chi connectivity index (χ0) is 13.1. The van der Waals surface area contributed by atoms with Crippen molar-refractivity contribution in [1.29, 1.82) is 0 Å². The molecular formula is C15H24N2O. The van der Waals surface area contributed by atoms with Crippen molar-refractivity contribution < 1.29 is 4.79 Å². The maximum absolute atomic E-state index is 12.2. The first-order chi connectivity index (χ1) is 8.63. The molecule has 3 nitrogen and oxygen atoms in total. The normalized spacial score (nSPS) is 16.4. The summed E-state index contributed by atoms with van der Waals surface area (Å²) in [5.74, 6) is 0.231. The third-order valence-corrected chi connectivity index (χ3v) is 4.10. The van der Waals surface area contributed by atoms with Crippen LogP contribution in [-0.4, -0.2) is 22.9 Å². The van der Waals surface area contributed by atoms with Crippen molar-refractivity contribution in [2.45, 2.75) is 59.0 Å². The fourth-order valence-electron chi connectivity index (χ4n) is 3.03. The van der Waals surface area contributed by atoms with Gasteiger partial charge in [0, 0.05) is 29.5 Å². The Bertz CT molecular complexity index is 428. The summed E-state index contributed by atoms with van der Waals surface area (Å²) in [6.45, 7) is 7.64. The molecule has 18 heavy (non-hydrogen) atoms. The molecule has 0 atom stereocenters. The predicted molar refractivity (Wildman–Crippen MR) is 74.2 cm³/mol. The number of rotatable bonds is 5. The van der Waals surface area contributed by atoms with Gasteiger partial charge in [-0.25, -0.2) is 0 Å². The molecule has 0 unspecified atom stereocenters. The van der Waals surface area contributed by atoms with Crippen LogP contribution < -0.4 is 5.32 Å². The fourth-order valence-corrected chi connectivity index (χ4v) is 3.03. The van der Waals surface area contributed by atoms with Gasteiger partial charge in [-0.05, 0) is 39.7 Å². The lowest BCUT2D eigenvalue weighted by atomic mass is 10.1. The molecule has 0 aromatic carbocycles. The Morgan fingerprint density at radius 3 is 2.61 bits per heavy atom. The van der Waals surface area contributed by atoms with Gasteiger partial charge in [-0.1, -0.05) is 12.8 Å². The number of aryl methyl sites for hydroxylation is 1. The third kappa shape index (κ3) is 2.66. The Morgan fingerprint density at radius 2 is 2.06 bits per heavy atom. The summed E-state index contributed by atoms with van der Waals surface area (Å²) in [6, 6.07) is 2.58. The molecule has 1 aliphatic carbocycles. The first kappa shape index (κ1) is 13.3. The van der Waals surface area contributed by atoms with Crippen LogP contribution in [0.2, 0.25) is 0 Å². The molecule has 1 aliphatic rings. The lowest BCUT2D eigenvalue weighted by Gasteiger charge is -2.11. The molecule has 1 fully saturated rings. The van der Waals surface area contributed by atoms with Gasteiger partial charge in [-0.3, -0.25) is 4.79 Å². The van der Waals surface area contributed by atoms with Gasteiger partial charge in [0.25, 0.3) is 0 Å². The molecule has 0 amide bonds. The van der Waals surface area contributed by atoms with E-state index in [9.17, 15) is 4.79 Å². The van der Waals surface area contributed by atoms with E-state index in [1.54, 1.807) is 0 Å². The van der Waals surface area contributed by atoms with E-state index >= 15 is 0 Å². The van der Waals surface area contributed by atoms with Crippen molar-refractivity contribution >= 4 is 5.78 Å². The highest BCUT2D eigenvalue weighted by atomic mass is 16.1. The van der Waals surface area contributed by atoms with Crippen molar-refractivity contribution in [2.75, 3.05) is 6.54 Å². The topological polar surface area (TPSA) is 34.0 Å². The van der Waals surface area contributed by atoms with Crippen LogP contribution in [0.1, 0.15) is 54.4 Å². The maximum atomic E-state index is 12.2. The van der Waals surface area contributed by atoms with Crippen LogP contribution in [0.5, 0.6) is 0 Å². The summed E-state index contributed by atoms with van der Waals surface area (Å²) in [7, 11) is 0. The number of nitrogens with one attached hydrogen (secondary N) is 1. The van der Waals surface area contributed by atoms with Crippen LogP contribution in [0.3, 0.4) is 0 Å². The highest BCUT2D eigenvalue weighted by Crippen LogP contribution is 2.18. The average molecular weight is 248 g/mol. The second-order valence-corrected chi connectivity index (χ2v) is 5.31. The molecule has 0 aliphatic heterocycles. The predicted octanol–water partition coefficient (Wildman–Crippen LogP) is 2.84. The van der Waals surface area contributed by atoms with E-state index in [0.29, 0.717) is 12.6 Å². The monoisotopic (exact) mass is 248 g/mol. The van der Waals surface area contributed by atoms with Crippen molar-refractivity contribution in [3.8, 4) is 0 Å². The highest BCUT2D eigenvalue weighted by molar-refractivity contribution is 5.99. The number of nitrogens with zero attached hydrogens (tertiary/aromatic N) is 1. The van der Waals surface area contributed by atoms with Gasteiger partial charge in [0.2, 0.25) is 0 Å². The van der Waals surface area contributed by atoms with E-state index in [2.05, 4.69) is 23.7 Å². The minimum Gasteiger partial charge on any atom is -0.349 e. The molecule has 0 spiro atoms. The first-order valence-electron chi connectivity index (χ1n) is 7.06. The van der Waals surface area contributed by atoms with E-state index in [1.807, 2.05) is 13.0 Å². The van der Waals surface area contributed by atoms with Crippen LogP contribution >= 0.6 is 0 Å². The number of carbonyl (C=O) groups is 1. The molecule has 1 aromatic rings. The van der Waals surface area contributed by atoms with Gasteiger partial charge in [-0.15, -0.1) is 0 Å². The van der Waals surface area contributed by atoms with E-state index < -0.39 is 0 Å². The van der Waals surface area contributed by atoms with E-state index in [1.165, 1.54) is 31.4 Å². The van der Waals surface area contributed by atoms with Crippen LogP contribution in [0.15, 0.2) is 6.07 Å². The van der Waals surface area contributed by atoms with Crippen molar-refractivity contribution in [3.05, 3.63) is 23.0 Å². The standard InChI is InChI=1S/C15H24N2O/c1-4-17-11(2)9-14(12(17)3)15(18)10-16-13-7-5-6-8-13/h9,13,16H,4-8,10H2,1-3H3. The maximum Gasteiger partial charge on any atom is 0.178 e. The van der Waals surface area contributed by atoms with Crippen molar-refractivity contribution in [2.24, 2.45) is 0 Å². The van der Waals surface area contributed by atoms with Gasteiger partial charge in [0.05, 0.1) is 6.54 Å². The Labute approximate surface area is 110 Å². The van der Waals surface area contributed by atoms with Gasteiger partial charge in [0.1, 0.15) is 0 Å². The van der Waals surface area contributed by atoms with Crippen LogP contribution in [0.4, 0.5) is 0 Å². The van der Waals surface area contributed by atoms with Gasteiger partial charge >= 0.3 is 0 Å². The number of hydrogen-bond acceptors (Lipinski definition) is 2. The van der Waals surface area contributed by atoms with E-state index in [0.717, 1.165) is 17.8 Å². The summed E-state index contributed by atoms with van der Waals surface area (Å²) in [4.78, 5) is 12.2. The highest BCUT2D eigenvalue weighted by Gasteiger charge is 2.18. The minimum absolute atomic E-state index is 0.231. The van der Waals surface area contributed by atoms with Crippen molar-refractivity contribution in [1.82, 2.24) is 9.88 Å². The molecule has 1 saturated carbocycles. The van der Waals surface area contributed by atoms with Gasteiger partial charge < -0.3 is 9.88 Å². The second kappa shape index (κ2) is 5.70. The molecular weight excluding hydrogens is 224 g/mol. The van der Waals surface area contributed by atoms with E-state index in [4.69, 9.17) is 0 Å². The Kier molecular flexibility index (Phi) is 4.23. The third-order valence-electron chi connectivity index (χ3n) is 4.10. The summed E-state index contributed by atoms with van der Waals surface area (Å²) >= 11 is 0. The van der Waals surface area contributed by atoms with Gasteiger partial charge in [0.15, 0.2) is 5.78 Å². The van der Waals surface area contributed by atoms with Crippen LogP contribution in [-0.2, 0) is 6.54 Å². The number of hydrogen-bond donors (Lipinski definition) is 1. The number of ketones is 1. The molecule has 0 bridgehead atoms. The molecule has 100 valence electrons. The van der Waals surface area contributed by atoms with E-state index in [-0.39, 0.29) is 5.78 Å². The Morgan fingerprint density at radius 1 is 1.39 bits per heavy atom. The molecule has 3 heteroatoms. The smallest absolute Gasteiger partial charge is 0.178 e. The van der Waals surface area contributed by atoms with Gasteiger partial charge in [-0.2, -0.15) is 0 Å². The molecule has 1 aromatic heterocycles. The summed E-state index contributed by atoms with van der Waals surface area (Å²) < 4.78 is 2.20. The molecule has 0 saturated heterocycles. The zero-order valence-electron chi connectivity index (χ0n) is 11.8. The molecule has 1 heterocycles. The number of Topliss-reactive ketones (excluding diaryl/α,β-unsaturated/α-hetero) is 1. The quantitative estimate of drug-likeness (QED) is 0.813.